The molecule has 0 amide bonds. The van der Waals surface area contributed by atoms with Crippen LogP contribution in [0.3, 0.4) is 0 Å². The van der Waals surface area contributed by atoms with Crippen molar-refractivity contribution >= 4 is 10.9 Å². The van der Waals surface area contributed by atoms with Crippen LogP contribution in [0.15, 0.2) is 60.8 Å². The highest BCUT2D eigenvalue weighted by molar-refractivity contribution is 5.91. The molecule has 0 aliphatic heterocycles. The Balaban J connectivity index is 1.86. The van der Waals surface area contributed by atoms with Crippen LogP contribution in [0.1, 0.15) is 11.3 Å². The van der Waals surface area contributed by atoms with Crippen LogP contribution in [0, 0.1) is 0 Å². The molecular formula is C19H18N4O. The van der Waals surface area contributed by atoms with Crippen molar-refractivity contribution in [3.05, 3.63) is 72.1 Å². The summed E-state index contributed by atoms with van der Waals surface area (Å²) in [4.78, 5) is 4.51. The molecule has 120 valence electrons. The number of hydrogen-bond acceptors (Lipinski definition) is 3. The van der Waals surface area contributed by atoms with Gasteiger partial charge in [-0.2, -0.15) is 5.10 Å². The summed E-state index contributed by atoms with van der Waals surface area (Å²) >= 11 is 0. The molecule has 0 saturated carbocycles. The van der Waals surface area contributed by atoms with Gasteiger partial charge in [0.2, 0.25) is 0 Å². The van der Waals surface area contributed by atoms with Gasteiger partial charge in [0.05, 0.1) is 24.4 Å². The third-order valence-electron chi connectivity index (χ3n) is 4.13. The Morgan fingerprint density at radius 3 is 2.50 bits per heavy atom. The highest BCUT2D eigenvalue weighted by Gasteiger charge is 2.16. The fraction of sp³-hybridized carbons (Fsp3) is 0.158. The van der Waals surface area contributed by atoms with Gasteiger partial charge in [-0.25, -0.2) is 4.98 Å². The number of para-hydroxylation sites is 1. The van der Waals surface area contributed by atoms with E-state index in [1.807, 2.05) is 52.8 Å². The van der Waals surface area contributed by atoms with Crippen LogP contribution in [0.2, 0.25) is 0 Å². The Morgan fingerprint density at radius 1 is 1.00 bits per heavy atom. The van der Waals surface area contributed by atoms with E-state index in [0.29, 0.717) is 12.2 Å². The van der Waals surface area contributed by atoms with Crippen molar-refractivity contribution in [2.45, 2.75) is 13.2 Å². The van der Waals surface area contributed by atoms with Gasteiger partial charge in [-0.15, -0.1) is 0 Å². The minimum atomic E-state index is -0.0729. The normalized spacial score (nSPS) is 11.2. The summed E-state index contributed by atoms with van der Waals surface area (Å²) in [6, 6.07) is 18.4. The molecule has 2 aromatic heterocycles. The van der Waals surface area contributed by atoms with Crippen molar-refractivity contribution in [1.29, 1.82) is 0 Å². The van der Waals surface area contributed by atoms with Gasteiger partial charge in [0, 0.05) is 18.6 Å². The Bertz CT molecular complexity index is 985. The molecule has 0 bridgehead atoms. The van der Waals surface area contributed by atoms with Crippen LogP contribution in [0.25, 0.3) is 22.4 Å². The van der Waals surface area contributed by atoms with Gasteiger partial charge in [-0.05, 0) is 11.6 Å². The molecule has 24 heavy (non-hydrogen) atoms. The molecule has 4 aromatic rings. The number of benzene rings is 2. The molecule has 2 aromatic carbocycles. The van der Waals surface area contributed by atoms with E-state index in [9.17, 15) is 5.11 Å². The Kier molecular flexibility index (Phi) is 3.63. The van der Waals surface area contributed by atoms with Crippen molar-refractivity contribution in [3.8, 4) is 11.5 Å². The molecule has 0 spiro atoms. The summed E-state index contributed by atoms with van der Waals surface area (Å²) in [5.74, 6) is 0.766. The van der Waals surface area contributed by atoms with Crippen molar-refractivity contribution < 1.29 is 5.11 Å². The highest BCUT2D eigenvalue weighted by Crippen LogP contribution is 2.27. The third kappa shape index (κ3) is 2.49. The Labute approximate surface area is 139 Å². The number of aliphatic hydroxyl groups is 1. The molecule has 5 nitrogen and oxygen atoms in total. The molecule has 5 heteroatoms. The minimum Gasteiger partial charge on any atom is -0.390 e. The second-order valence-electron chi connectivity index (χ2n) is 5.83. The fourth-order valence-corrected chi connectivity index (χ4v) is 2.99. The van der Waals surface area contributed by atoms with Gasteiger partial charge in [-0.1, -0.05) is 48.5 Å². The molecule has 0 aliphatic rings. The smallest absolute Gasteiger partial charge is 0.161 e. The van der Waals surface area contributed by atoms with E-state index >= 15 is 0 Å². The van der Waals surface area contributed by atoms with Crippen LogP contribution >= 0.6 is 0 Å². The van der Waals surface area contributed by atoms with Crippen molar-refractivity contribution in [1.82, 2.24) is 19.3 Å². The van der Waals surface area contributed by atoms with Gasteiger partial charge in [-0.3, -0.25) is 4.68 Å². The first-order valence-electron chi connectivity index (χ1n) is 7.89. The zero-order valence-electron chi connectivity index (χ0n) is 13.4. The van der Waals surface area contributed by atoms with E-state index in [1.165, 1.54) is 5.56 Å². The van der Waals surface area contributed by atoms with Crippen LogP contribution in [0.5, 0.6) is 0 Å². The summed E-state index contributed by atoms with van der Waals surface area (Å²) in [5.41, 5.74) is 3.76. The van der Waals surface area contributed by atoms with E-state index in [2.05, 4.69) is 29.2 Å². The van der Waals surface area contributed by atoms with Crippen molar-refractivity contribution in [2.75, 3.05) is 0 Å². The van der Waals surface area contributed by atoms with Gasteiger partial charge < -0.3 is 9.67 Å². The lowest BCUT2D eigenvalue weighted by Gasteiger charge is -2.03. The first-order chi connectivity index (χ1) is 11.8. The fourth-order valence-electron chi connectivity index (χ4n) is 2.99. The van der Waals surface area contributed by atoms with Crippen molar-refractivity contribution in [2.24, 2.45) is 7.05 Å². The number of rotatable bonds is 4. The maximum atomic E-state index is 9.33. The highest BCUT2D eigenvalue weighted by atomic mass is 16.3. The zero-order valence-corrected chi connectivity index (χ0v) is 13.4. The van der Waals surface area contributed by atoms with Gasteiger partial charge in [0.1, 0.15) is 5.69 Å². The monoisotopic (exact) mass is 318 g/mol. The number of aliphatic hydroxyl groups excluding tert-OH is 1. The maximum absolute atomic E-state index is 9.33. The summed E-state index contributed by atoms with van der Waals surface area (Å²) in [7, 11) is 1.92. The van der Waals surface area contributed by atoms with Crippen LogP contribution in [0.4, 0.5) is 0 Å². The minimum absolute atomic E-state index is 0.0729. The average Bonchev–Trinajstić information content (AvgIpc) is 3.17. The van der Waals surface area contributed by atoms with E-state index in [4.69, 9.17) is 5.10 Å². The quantitative estimate of drug-likeness (QED) is 0.629. The van der Waals surface area contributed by atoms with E-state index < -0.39 is 0 Å². The SMILES string of the molecule is Cn1cc(CO)nc1-c1nn(Cc2ccccc2)c2ccccc12. The predicted octanol–water partition coefficient (Wildman–Crippen LogP) is 2.98. The van der Waals surface area contributed by atoms with Gasteiger partial charge in [0.25, 0.3) is 0 Å². The van der Waals surface area contributed by atoms with Gasteiger partial charge >= 0.3 is 0 Å². The molecule has 0 unspecified atom stereocenters. The summed E-state index contributed by atoms with van der Waals surface area (Å²) in [6.07, 6.45) is 1.83. The topological polar surface area (TPSA) is 55.9 Å². The van der Waals surface area contributed by atoms with Crippen LogP contribution in [-0.4, -0.2) is 24.4 Å². The maximum Gasteiger partial charge on any atom is 0.161 e. The number of hydrogen-bond donors (Lipinski definition) is 1. The number of aryl methyl sites for hydroxylation is 1. The Morgan fingerprint density at radius 2 is 1.75 bits per heavy atom. The molecule has 0 saturated heterocycles. The van der Waals surface area contributed by atoms with Crippen LogP contribution in [-0.2, 0) is 20.2 Å². The first-order valence-corrected chi connectivity index (χ1v) is 7.89. The molecule has 0 atom stereocenters. The molecular weight excluding hydrogens is 300 g/mol. The number of aromatic nitrogens is 4. The lowest BCUT2D eigenvalue weighted by Crippen LogP contribution is -2.02. The van der Waals surface area contributed by atoms with Gasteiger partial charge in [0.15, 0.2) is 5.82 Å². The summed E-state index contributed by atoms with van der Waals surface area (Å²) in [6.45, 7) is 0.634. The Hall–Kier alpha value is -2.92. The molecule has 4 rings (SSSR count). The van der Waals surface area contributed by atoms with Crippen molar-refractivity contribution in [3.63, 3.8) is 0 Å². The number of fused-ring (bicyclic) bond motifs is 1. The standard InChI is InChI=1S/C19H18N4O/c1-22-12-15(13-24)20-19(22)18-16-9-5-6-10-17(16)23(21-18)11-14-7-3-2-4-8-14/h2-10,12,24H,11,13H2,1H3. The largest absolute Gasteiger partial charge is 0.390 e. The lowest BCUT2D eigenvalue weighted by molar-refractivity contribution is 0.277. The van der Waals surface area contributed by atoms with Crippen LogP contribution < -0.4 is 0 Å². The predicted molar refractivity (Wildman–Crippen MR) is 93.4 cm³/mol. The molecule has 0 fully saturated rings. The van der Waals surface area contributed by atoms with E-state index in [1.54, 1.807) is 0 Å². The van der Waals surface area contributed by atoms with E-state index in [-0.39, 0.29) is 6.61 Å². The first kappa shape index (κ1) is 14.7. The zero-order chi connectivity index (χ0) is 16.5. The molecule has 0 radical (unpaired) electrons. The molecule has 1 N–H and O–H groups in total. The number of imidazole rings is 1. The second-order valence-corrected chi connectivity index (χ2v) is 5.83. The summed E-state index contributed by atoms with van der Waals surface area (Å²) < 4.78 is 3.92. The summed E-state index contributed by atoms with van der Waals surface area (Å²) in [5, 5.41) is 15.2. The number of nitrogens with zero attached hydrogens (tertiary/aromatic N) is 4. The van der Waals surface area contributed by atoms with E-state index in [0.717, 1.165) is 22.4 Å². The molecule has 0 aliphatic carbocycles. The third-order valence-corrected chi connectivity index (χ3v) is 4.13. The molecule has 2 heterocycles. The lowest BCUT2D eigenvalue weighted by atomic mass is 10.2. The average molecular weight is 318 g/mol. The second kappa shape index (κ2) is 5.94.